The van der Waals surface area contributed by atoms with Gasteiger partial charge in [-0.05, 0) is 25.0 Å². The van der Waals surface area contributed by atoms with Crippen molar-refractivity contribution in [1.29, 1.82) is 0 Å². The van der Waals surface area contributed by atoms with Crippen molar-refractivity contribution in [1.82, 2.24) is 5.32 Å². The minimum absolute atomic E-state index is 0.246. The van der Waals surface area contributed by atoms with Gasteiger partial charge in [0.25, 0.3) is 0 Å². The van der Waals surface area contributed by atoms with Crippen molar-refractivity contribution < 1.29 is 14.3 Å². The molecule has 0 atom stereocenters. The van der Waals surface area contributed by atoms with E-state index in [1.54, 1.807) is 12.1 Å². The molecule has 3 nitrogen and oxygen atoms in total. The average Bonchev–Trinajstić information content (AvgIpc) is 3.03. The molecule has 20 heavy (non-hydrogen) atoms. The molecule has 1 aliphatic carbocycles. The van der Waals surface area contributed by atoms with Crippen molar-refractivity contribution in [3.8, 4) is 0 Å². The minimum atomic E-state index is -0.978. The van der Waals surface area contributed by atoms with E-state index in [0.717, 1.165) is 24.2 Å². The first-order chi connectivity index (χ1) is 9.66. The Labute approximate surface area is 120 Å². The summed E-state index contributed by atoms with van der Waals surface area (Å²) in [5, 5.41) is 13.1. The second-order valence-corrected chi connectivity index (χ2v) is 6.24. The highest BCUT2D eigenvalue weighted by atomic mass is 32.1. The molecule has 0 amide bonds. The Morgan fingerprint density at radius 2 is 2.15 bits per heavy atom. The molecule has 1 aromatic carbocycles. The first-order valence-corrected chi connectivity index (χ1v) is 7.65. The highest BCUT2D eigenvalue weighted by molar-refractivity contribution is 7.21. The average molecular weight is 293 g/mol. The summed E-state index contributed by atoms with van der Waals surface area (Å²) in [7, 11) is 0. The van der Waals surface area contributed by atoms with Crippen molar-refractivity contribution in [2.45, 2.75) is 38.3 Å². The zero-order valence-corrected chi connectivity index (χ0v) is 11.8. The van der Waals surface area contributed by atoms with Crippen LogP contribution in [0, 0.1) is 5.82 Å². The van der Waals surface area contributed by atoms with Gasteiger partial charge in [0.1, 0.15) is 10.7 Å². The first kappa shape index (κ1) is 13.5. The molecule has 106 valence electrons. The van der Waals surface area contributed by atoms with Crippen LogP contribution in [-0.2, 0) is 6.54 Å². The van der Waals surface area contributed by atoms with Crippen LogP contribution >= 0.6 is 11.3 Å². The number of rotatable bonds is 4. The Bertz CT molecular complexity index is 647. The lowest BCUT2D eigenvalue weighted by Crippen LogP contribution is -2.25. The Hall–Kier alpha value is -1.46. The fraction of sp³-hybridized carbons (Fsp3) is 0.400. The highest BCUT2D eigenvalue weighted by Gasteiger charge is 2.21. The van der Waals surface area contributed by atoms with Crippen LogP contribution in [0.3, 0.4) is 0 Å². The molecule has 0 bridgehead atoms. The third-order valence-corrected chi connectivity index (χ3v) is 5.07. The van der Waals surface area contributed by atoms with Crippen LogP contribution in [0.5, 0.6) is 0 Å². The molecule has 0 unspecified atom stereocenters. The number of thiophene rings is 1. The van der Waals surface area contributed by atoms with Gasteiger partial charge in [-0.3, -0.25) is 0 Å². The largest absolute Gasteiger partial charge is 0.477 e. The summed E-state index contributed by atoms with van der Waals surface area (Å²) in [5.74, 6) is -1.32. The molecule has 3 rings (SSSR count). The van der Waals surface area contributed by atoms with Crippen molar-refractivity contribution in [3.63, 3.8) is 0 Å². The van der Waals surface area contributed by atoms with Gasteiger partial charge >= 0.3 is 5.97 Å². The smallest absolute Gasteiger partial charge is 0.346 e. The molecule has 2 aromatic rings. The van der Waals surface area contributed by atoms with Gasteiger partial charge in [-0.2, -0.15) is 0 Å². The van der Waals surface area contributed by atoms with E-state index in [9.17, 15) is 14.3 Å². The summed E-state index contributed by atoms with van der Waals surface area (Å²) in [4.78, 5) is 11.6. The lowest BCUT2D eigenvalue weighted by molar-refractivity contribution is 0.0701. The minimum Gasteiger partial charge on any atom is -0.477 e. The third-order valence-electron chi connectivity index (χ3n) is 3.88. The SMILES string of the molecule is O=C(O)c1sc2cccc(F)c2c1CNC1CCCC1. The predicted molar refractivity (Wildman–Crippen MR) is 77.8 cm³/mol. The summed E-state index contributed by atoms with van der Waals surface area (Å²) in [6, 6.07) is 5.21. The van der Waals surface area contributed by atoms with Crippen LogP contribution in [0.15, 0.2) is 18.2 Å². The van der Waals surface area contributed by atoms with Gasteiger partial charge in [-0.15, -0.1) is 11.3 Å². The van der Waals surface area contributed by atoms with E-state index in [0.29, 0.717) is 28.2 Å². The van der Waals surface area contributed by atoms with Gasteiger partial charge in [0, 0.05) is 28.2 Å². The Morgan fingerprint density at radius 1 is 1.40 bits per heavy atom. The van der Waals surface area contributed by atoms with Crippen LogP contribution in [0.1, 0.15) is 40.9 Å². The van der Waals surface area contributed by atoms with Crippen LogP contribution in [0.2, 0.25) is 0 Å². The van der Waals surface area contributed by atoms with Crippen molar-refractivity contribution >= 4 is 27.4 Å². The molecule has 5 heteroatoms. The van der Waals surface area contributed by atoms with Gasteiger partial charge in [0.05, 0.1) is 0 Å². The number of carboxylic acid groups (broad SMARTS) is 1. The molecule has 1 aliphatic rings. The second-order valence-electron chi connectivity index (χ2n) is 5.19. The zero-order chi connectivity index (χ0) is 14.1. The Balaban J connectivity index is 1.97. The monoisotopic (exact) mass is 293 g/mol. The second kappa shape index (κ2) is 5.50. The van der Waals surface area contributed by atoms with E-state index >= 15 is 0 Å². The topological polar surface area (TPSA) is 49.3 Å². The Morgan fingerprint density at radius 3 is 2.85 bits per heavy atom. The molecule has 1 heterocycles. The number of hydrogen-bond acceptors (Lipinski definition) is 3. The van der Waals surface area contributed by atoms with E-state index < -0.39 is 5.97 Å². The molecule has 1 aromatic heterocycles. The normalized spacial score (nSPS) is 16.1. The zero-order valence-electron chi connectivity index (χ0n) is 11.0. The predicted octanol–water partition coefficient (Wildman–Crippen LogP) is 3.77. The van der Waals surface area contributed by atoms with E-state index in [2.05, 4.69) is 5.32 Å². The number of carboxylic acids is 1. The first-order valence-electron chi connectivity index (χ1n) is 6.83. The third kappa shape index (κ3) is 2.43. The van der Waals surface area contributed by atoms with Crippen molar-refractivity contribution in [2.75, 3.05) is 0 Å². The molecule has 0 saturated heterocycles. The van der Waals surface area contributed by atoms with E-state index in [1.165, 1.54) is 18.9 Å². The summed E-state index contributed by atoms with van der Waals surface area (Å²) < 4.78 is 14.7. The molecule has 0 spiro atoms. The Kier molecular flexibility index (Phi) is 3.72. The van der Waals surface area contributed by atoms with Gasteiger partial charge < -0.3 is 10.4 Å². The quantitative estimate of drug-likeness (QED) is 0.902. The summed E-state index contributed by atoms with van der Waals surface area (Å²) in [5.41, 5.74) is 0.586. The lowest BCUT2D eigenvalue weighted by Gasteiger charge is -2.12. The lowest BCUT2D eigenvalue weighted by atomic mass is 10.1. The number of nitrogens with one attached hydrogen (secondary N) is 1. The standard InChI is InChI=1S/C15H16FNO2S/c16-11-6-3-7-12-13(11)10(14(20-12)15(18)19)8-17-9-4-1-2-5-9/h3,6-7,9,17H,1-2,4-5,8H2,(H,18,19). The number of fused-ring (bicyclic) bond motifs is 1. The molecular weight excluding hydrogens is 277 g/mol. The number of aromatic carboxylic acids is 1. The van der Waals surface area contributed by atoms with E-state index in [1.807, 2.05) is 0 Å². The van der Waals surface area contributed by atoms with Crippen LogP contribution in [0.25, 0.3) is 10.1 Å². The van der Waals surface area contributed by atoms with Gasteiger partial charge in [0.2, 0.25) is 0 Å². The molecule has 1 saturated carbocycles. The van der Waals surface area contributed by atoms with Crippen LogP contribution < -0.4 is 5.32 Å². The van der Waals surface area contributed by atoms with Crippen molar-refractivity contribution in [2.24, 2.45) is 0 Å². The van der Waals surface area contributed by atoms with Gasteiger partial charge in [0.15, 0.2) is 0 Å². The fourth-order valence-electron chi connectivity index (χ4n) is 2.89. The molecule has 2 N–H and O–H groups in total. The fourth-order valence-corrected chi connectivity index (χ4v) is 3.96. The van der Waals surface area contributed by atoms with Gasteiger partial charge in [-0.1, -0.05) is 18.9 Å². The van der Waals surface area contributed by atoms with E-state index in [-0.39, 0.29) is 10.7 Å². The molecule has 1 fully saturated rings. The van der Waals surface area contributed by atoms with Crippen LogP contribution in [0.4, 0.5) is 4.39 Å². The summed E-state index contributed by atoms with van der Waals surface area (Å²) in [6.45, 7) is 0.424. The van der Waals surface area contributed by atoms with Crippen molar-refractivity contribution in [3.05, 3.63) is 34.5 Å². The maximum Gasteiger partial charge on any atom is 0.346 e. The molecular formula is C15H16FNO2S. The number of benzene rings is 1. The summed E-state index contributed by atoms with van der Waals surface area (Å²) >= 11 is 1.15. The van der Waals surface area contributed by atoms with E-state index in [4.69, 9.17) is 0 Å². The van der Waals surface area contributed by atoms with Crippen LogP contribution in [-0.4, -0.2) is 17.1 Å². The number of hydrogen-bond donors (Lipinski definition) is 2. The maximum atomic E-state index is 14.0. The maximum absolute atomic E-state index is 14.0. The van der Waals surface area contributed by atoms with Gasteiger partial charge in [-0.25, -0.2) is 9.18 Å². The molecule has 0 radical (unpaired) electrons. The summed E-state index contributed by atoms with van der Waals surface area (Å²) in [6.07, 6.45) is 4.66. The molecule has 0 aliphatic heterocycles. The number of halogens is 1. The number of carbonyl (C=O) groups is 1. The highest BCUT2D eigenvalue weighted by Crippen LogP contribution is 2.33.